The Balaban J connectivity index is -0.00000121. The van der Waals surface area contributed by atoms with Crippen molar-refractivity contribution < 1.29 is 39.3 Å². The number of thiophene rings is 2. The minimum absolute atomic E-state index is 0. The van der Waals surface area contributed by atoms with Crippen LogP contribution in [0.4, 0.5) is 0 Å². The number of aromatic carboxylic acids is 2. The van der Waals surface area contributed by atoms with Crippen molar-refractivity contribution in [2.24, 2.45) is 0 Å². The molecule has 354 valence electrons. The number of isothiocyanates is 1. The zero-order chi connectivity index (χ0) is 42.2. The van der Waals surface area contributed by atoms with Crippen LogP contribution in [-0.2, 0) is 32.3 Å². The summed E-state index contributed by atoms with van der Waals surface area (Å²) in [5.41, 5.74) is 5.14. The van der Waals surface area contributed by atoms with Crippen molar-refractivity contribution in [1.82, 2.24) is 19.9 Å². The Labute approximate surface area is 421 Å². The minimum atomic E-state index is -1.08. The van der Waals surface area contributed by atoms with Crippen LogP contribution >= 0.6 is 48.4 Å². The SMILES string of the molecule is C.C.C.CCCCCCCCc1ccc(-c2ccnc(-c3cc(-c4ccc(CCCCCCCC)s4)ccn3)c2)s1.O=C(O)c1ccnc(-c2cc(C(=O)O)ccn2)c1.S.[N-]=C=S.[NH2-].[Ru+2]. The number of thiocarbonyl (C=S) groups is 1. The van der Waals surface area contributed by atoms with Crippen molar-refractivity contribution in [2.75, 3.05) is 0 Å². The summed E-state index contributed by atoms with van der Waals surface area (Å²) in [5, 5.41) is 26.2. The van der Waals surface area contributed by atoms with E-state index in [0.29, 0.717) is 11.4 Å². The molecule has 10 nitrogen and oxygen atoms in total. The summed E-state index contributed by atoms with van der Waals surface area (Å²) in [6, 6.07) is 23.2. The number of aromatic nitrogens is 4. The molecule has 6 rings (SSSR count). The Kier molecular flexibility index (Phi) is 36.8. The first-order chi connectivity index (χ1) is 28.8. The number of hydrogen-bond donors (Lipinski definition) is 2. The van der Waals surface area contributed by atoms with Crippen molar-refractivity contribution in [3.8, 4) is 43.7 Å². The minimum Gasteiger partial charge on any atom is -0.753 e. The summed E-state index contributed by atoms with van der Waals surface area (Å²) >= 11 is 7.55. The first-order valence-electron chi connectivity index (χ1n) is 20.3. The van der Waals surface area contributed by atoms with Crippen LogP contribution in [0.3, 0.4) is 0 Å². The fourth-order valence-corrected chi connectivity index (χ4v) is 8.44. The van der Waals surface area contributed by atoms with E-state index < -0.39 is 11.9 Å². The summed E-state index contributed by atoms with van der Waals surface area (Å²) < 4.78 is 0. The van der Waals surface area contributed by atoms with E-state index in [9.17, 15) is 9.59 Å². The van der Waals surface area contributed by atoms with E-state index in [0.717, 1.165) is 11.4 Å². The molecule has 0 aliphatic carbocycles. The molecule has 0 bridgehead atoms. The van der Waals surface area contributed by atoms with Crippen LogP contribution in [0.15, 0.2) is 97.6 Å². The first kappa shape index (κ1) is 65.0. The molecular weight excluding hydrogens is 978 g/mol. The number of hydrogen-bond acceptors (Lipinski definition) is 9. The Morgan fingerprint density at radius 2 is 0.862 bits per heavy atom. The summed E-state index contributed by atoms with van der Waals surface area (Å²) in [6.07, 6.45) is 25.1. The van der Waals surface area contributed by atoms with E-state index in [1.54, 1.807) is 0 Å². The number of nitrogens with zero attached hydrogens (tertiary/aromatic N) is 5. The predicted octanol–water partition coefficient (Wildman–Crippen LogP) is 16.3. The molecule has 6 heterocycles. The van der Waals surface area contributed by atoms with Gasteiger partial charge in [0.05, 0.1) is 33.9 Å². The van der Waals surface area contributed by atoms with E-state index in [2.05, 4.69) is 94.5 Å². The Morgan fingerprint density at radius 1 is 0.554 bits per heavy atom. The molecule has 0 aliphatic rings. The van der Waals surface area contributed by atoms with Crippen LogP contribution in [0, 0.1) is 0 Å². The van der Waals surface area contributed by atoms with E-state index >= 15 is 0 Å². The van der Waals surface area contributed by atoms with E-state index in [-0.39, 0.29) is 72.5 Å². The van der Waals surface area contributed by atoms with Gasteiger partial charge in [-0.05, 0) is 110 Å². The van der Waals surface area contributed by atoms with Gasteiger partial charge in [-0.3, -0.25) is 19.9 Å². The standard InChI is InChI=1S/C34H44N2S2.C12H8N2O4.CNS.3CH4.H2N.Ru.H2S/c1-3-5-7-9-11-13-15-29-17-19-33(37-29)27-21-23-35-31(25-27)32-26-28(22-24-36-32)34-20-18-30(38-34)16-14-12-10-8-6-4-2;15-11(16)7-1-3-13-9(5-7)10-6-8(12(17)18)2-4-14-10;2-1-3;;;;;;/h17-26H,3-16H2,1-2H3;1-6H,(H,15,16)(H,17,18);;3*1H4;1H2;;1H2/q;;-1;;;;-1;+2;. The Bertz CT molecular complexity index is 2110. The fourth-order valence-electron chi connectivity index (χ4n) is 6.35. The summed E-state index contributed by atoms with van der Waals surface area (Å²) in [5.74, 6) is -2.15. The monoisotopic (exact) mass is 1050 g/mol. The molecule has 0 radical (unpaired) electrons. The van der Waals surface area contributed by atoms with Crippen LogP contribution < -0.4 is 0 Å². The van der Waals surface area contributed by atoms with Gasteiger partial charge in [0.25, 0.3) is 0 Å². The number of carboxylic acid groups (broad SMARTS) is 2. The molecule has 0 amide bonds. The topological polar surface area (TPSA) is 182 Å². The average Bonchev–Trinajstić information content (AvgIpc) is 3.95. The molecule has 0 saturated carbocycles. The second kappa shape index (κ2) is 36.8. The molecule has 0 unspecified atom stereocenters. The molecule has 65 heavy (non-hydrogen) atoms. The van der Waals surface area contributed by atoms with Gasteiger partial charge in [0.15, 0.2) is 0 Å². The quantitative estimate of drug-likeness (QED) is 0.0325. The van der Waals surface area contributed by atoms with Gasteiger partial charge in [-0.2, -0.15) is 18.7 Å². The van der Waals surface area contributed by atoms with E-state index in [1.807, 2.05) is 35.1 Å². The predicted molar refractivity (Wildman–Crippen MR) is 281 cm³/mol. The van der Waals surface area contributed by atoms with Crippen LogP contribution in [0.1, 0.15) is 144 Å². The third-order valence-corrected chi connectivity index (χ3v) is 11.9. The number of carbonyl (C=O) groups is 2. The Morgan fingerprint density at radius 3 is 1.20 bits per heavy atom. The number of unbranched alkanes of at least 4 members (excludes halogenated alkanes) is 10. The molecule has 0 saturated heterocycles. The molecule has 0 spiro atoms. The summed E-state index contributed by atoms with van der Waals surface area (Å²) in [6.45, 7) is 4.56. The zero-order valence-corrected chi connectivity index (χ0v) is 40.4. The second-order valence-electron chi connectivity index (χ2n) is 14.0. The maximum Gasteiger partial charge on any atom is 2.00 e. The molecule has 0 aromatic carbocycles. The first-order valence-corrected chi connectivity index (χ1v) is 22.3. The van der Waals surface area contributed by atoms with Crippen LogP contribution in [0.25, 0.3) is 55.2 Å². The molecule has 0 fully saturated rings. The molecule has 4 N–H and O–H groups in total. The smallest absolute Gasteiger partial charge is 0.753 e. The maximum absolute atomic E-state index is 10.8. The molecule has 0 atom stereocenters. The average molecular weight is 1050 g/mol. The Hall–Kier alpha value is -4.33. The summed E-state index contributed by atoms with van der Waals surface area (Å²) in [4.78, 5) is 44.6. The van der Waals surface area contributed by atoms with E-state index in [1.165, 1.54) is 162 Å². The maximum atomic E-state index is 10.8. The number of nitrogens with two attached hydrogens (primary N) is 1. The van der Waals surface area contributed by atoms with Crippen LogP contribution in [0.5, 0.6) is 0 Å². The fraction of sp³-hybridized carbons (Fsp3) is 0.380. The van der Waals surface area contributed by atoms with Crippen molar-refractivity contribution in [2.45, 2.75) is 126 Å². The molecule has 6 aromatic heterocycles. The van der Waals surface area contributed by atoms with Gasteiger partial charge >= 0.3 is 31.4 Å². The number of aryl methyl sites for hydroxylation is 2. The van der Waals surface area contributed by atoms with Crippen molar-refractivity contribution in [3.63, 3.8) is 0 Å². The van der Waals surface area contributed by atoms with Gasteiger partial charge in [-0.1, -0.05) is 113 Å². The number of carboxylic acids is 2. The van der Waals surface area contributed by atoms with Gasteiger partial charge < -0.3 is 21.8 Å². The van der Waals surface area contributed by atoms with Crippen LogP contribution in [-0.4, -0.2) is 47.2 Å². The molecule has 6 aromatic rings. The largest absolute Gasteiger partial charge is 2.00 e. The van der Waals surface area contributed by atoms with Gasteiger partial charge in [0.1, 0.15) is 0 Å². The summed E-state index contributed by atoms with van der Waals surface area (Å²) in [7, 11) is 0. The van der Waals surface area contributed by atoms with Gasteiger partial charge in [-0.25, -0.2) is 9.59 Å². The number of pyridine rings is 4. The number of rotatable bonds is 20. The van der Waals surface area contributed by atoms with Gasteiger partial charge in [0.2, 0.25) is 0 Å². The van der Waals surface area contributed by atoms with Gasteiger partial charge in [-0.15, -0.1) is 22.7 Å². The molecular formula is C50H68N6O4RuS4. The van der Waals surface area contributed by atoms with Crippen molar-refractivity contribution in [3.05, 3.63) is 130 Å². The van der Waals surface area contributed by atoms with E-state index in [4.69, 9.17) is 15.6 Å². The van der Waals surface area contributed by atoms with Crippen molar-refractivity contribution >= 4 is 65.5 Å². The van der Waals surface area contributed by atoms with Crippen molar-refractivity contribution in [1.29, 1.82) is 0 Å². The van der Waals surface area contributed by atoms with Crippen LogP contribution in [0.2, 0.25) is 0 Å². The third kappa shape index (κ3) is 22.6. The second-order valence-corrected chi connectivity index (χ2v) is 16.5. The molecule has 0 aliphatic heterocycles. The molecule has 15 heteroatoms. The van der Waals surface area contributed by atoms with Gasteiger partial charge in [0, 0.05) is 44.3 Å². The third-order valence-electron chi connectivity index (χ3n) is 9.50. The zero-order valence-electron chi connectivity index (χ0n) is 35.2. The normalized spacial score (nSPS) is 9.51.